The Hall–Kier alpha value is -1.96. The molecule has 0 bridgehead atoms. The number of ether oxygens (including phenoxy) is 1. The third-order valence-electron chi connectivity index (χ3n) is 2.70. The molecule has 0 heterocycles. The van der Waals surface area contributed by atoms with Gasteiger partial charge in [0.25, 0.3) is 6.43 Å². The predicted octanol–water partition coefficient (Wildman–Crippen LogP) is 2.77. The molecule has 0 N–H and O–H groups in total. The molecule has 0 radical (unpaired) electrons. The summed E-state index contributed by atoms with van der Waals surface area (Å²) >= 11 is 0. The summed E-state index contributed by atoms with van der Waals surface area (Å²) in [5, 5.41) is 8.89. The van der Waals surface area contributed by atoms with Crippen molar-refractivity contribution in [3.05, 3.63) is 34.4 Å². The SMILES string of the molecule is CCc1c(C#N)ccc(CC(=O)OC)c1C(F)F. The maximum Gasteiger partial charge on any atom is 0.309 e. The second kappa shape index (κ2) is 6.10. The zero-order chi connectivity index (χ0) is 13.7. The highest BCUT2D eigenvalue weighted by molar-refractivity contribution is 5.73. The number of halogens is 2. The fraction of sp³-hybridized carbons (Fsp3) is 0.385. The van der Waals surface area contributed by atoms with Crippen molar-refractivity contribution >= 4 is 5.97 Å². The molecule has 0 saturated carbocycles. The smallest absolute Gasteiger partial charge is 0.309 e. The zero-order valence-corrected chi connectivity index (χ0v) is 10.2. The number of benzene rings is 1. The van der Waals surface area contributed by atoms with Crippen LogP contribution in [0.3, 0.4) is 0 Å². The summed E-state index contributed by atoms with van der Waals surface area (Å²) in [6.07, 6.45) is -2.61. The van der Waals surface area contributed by atoms with Gasteiger partial charge < -0.3 is 4.74 Å². The van der Waals surface area contributed by atoms with Gasteiger partial charge in [0.2, 0.25) is 0 Å². The first-order chi connectivity index (χ1) is 8.54. The van der Waals surface area contributed by atoms with Gasteiger partial charge in [-0.3, -0.25) is 4.79 Å². The van der Waals surface area contributed by atoms with E-state index in [-0.39, 0.29) is 23.1 Å². The first-order valence-corrected chi connectivity index (χ1v) is 5.44. The van der Waals surface area contributed by atoms with Gasteiger partial charge in [0, 0.05) is 5.56 Å². The number of hydrogen-bond donors (Lipinski definition) is 0. The Kier molecular flexibility index (Phi) is 4.78. The standard InChI is InChI=1S/C13H13F2NO2/c1-3-10-9(7-16)5-4-8(6-11(17)18-2)12(10)13(14)15/h4-5,13H,3,6H2,1-2H3. The molecule has 1 rings (SSSR count). The van der Waals surface area contributed by atoms with Gasteiger partial charge in [0.15, 0.2) is 0 Å². The highest BCUT2D eigenvalue weighted by Gasteiger charge is 2.21. The van der Waals surface area contributed by atoms with E-state index in [9.17, 15) is 13.6 Å². The van der Waals surface area contributed by atoms with Crippen LogP contribution in [-0.4, -0.2) is 13.1 Å². The summed E-state index contributed by atoms with van der Waals surface area (Å²) in [5.41, 5.74) is 0.518. The number of esters is 1. The van der Waals surface area contributed by atoms with Crippen molar-refractivity contribution < 1.29 is 18.3 Å². The van der Waals surface area contributed by atoms with Crippen molar-refractivity contribution in [1.29, 1.82) is 5.26 Å². The number of alkyl halides is 2. The van der Waals surface area contributed by atoms with Crippen LogP contribution in [0.25, 0.3) is 0 Å². The van der Waals surface area contributed by atoms with E-state index in [1.165, 1.54) is 19.2 Å². The number of hydrogen-bond acceptors (Lipinski definition) is 3. The molecule has 96 valence electrons. The lowest BCUT2D eigenvalue weighted by molar-refractivity contribution is -0.139. The highest BCUT2D eigenvalue weighted by atomic mass is 19.3. The molecule has 0 spiro atoms. The molecule has 0 aliphatic heterocycles. The minimum Gasteiger partial charge on any atom is -0.469 e. The van der Waals surface area contributed by atoms with Crippen molar-refractivity contribution in [2.45, 2.75) is 26.2 Å². The molecule has 18 heavy (non-hydrogen) atoms. The average Bonchev–Trinajstić information content (AvgIpc) is 2.37. The van der Waals surface area contributed by atoms with Crippen LogP contribution in [-0.2, 0) is 22.4 Å². The number of carbonyl (C=O) groups is 1. The van der Waals surface area contributed by atoms with Crippen LogP contribution in [0, 0.1) is 11.3 Å². The summed E-state index contributed by atoms with van der Waals surface area (Å²) in [6, 6.07) is 4.73. The fourth-order valence-electron chi connectivity index (χ4n) is 1.85. The lowest BCUT2D eigenvalue weighted by Crippen LogP contribution is -2.10. The van der Waals surface area contributed by atoms with Crippen LogP contribution >= 0.6 is 0 Å². The molecule has 1 aromatic carbocycles. The normalized spacial score (nSPS) is 10.2. The van der Waals surface area contributed by atoms with Crippen LogP contribution < -0.4 is 0 Å². The molecule has 3 nitrogen and oxygen atoms in total. The molecule has 0 fully saturated rings. The summed E-state index contributed by atoms with van der Waals surface area (Å²) in [7, 11) is 1.20. The predicted molar refractivity (Wildman–Crippen MR) is 61.2 cm³/mol. The van der Waals surface area contributed by atoms with Crippen molar-refractivity contribution in [2.75, 3.05) is 7.11 Å². The van der Waals surface area contributed by atoms with Crippen molar-refractivity contribution in [3.63, 3.8) is 0 Å². The highest BCUT2D eigenvalue weighted by Crippen LogP contribution is 2.30. The van der Waals surface area contributed by atoms with E-state index in [1.807, 2.05) is 6.07 Å². The Morgan fingerprint density at radius 2 is 2.17 bits per heavy atom. The maximum absolute atomic E-state index is 13.1. The van der Waals surface area contributed by atoms with Crippen molar-refractivity contribution in [2.24, 2.45) is 0 Å². The molecule has 0 unspecified atom stereocenters. The number of methoxy groups -OCH3 is 1. The van der Waals surface area contributed by atoms with E-state index in [2.05, 4.69) is 4.74 Å². The first kappa shape index (κ1) is 14.1. The molecular weight excluding hydrogens is 240 g/mol. The third kappa shape index (κ3) is 2.83. The van der Waals surface area contributed by atoms with Gasteiger partial charge >= 0.3 is 5.97 Å². The monoisotopic (exact) mass is 253 g/mol. The molecule has 5 heteroatoms. The van der Waals surface area contributed by atoms with Crippen LogP contribution in [0.1, 0.15) is 35.6 Å². The van der Waals surface area contributed by atoms with Crippen molar-refractivity contribution in [1.82, 2.24) is 0 Å². The Balaban J connectivity index is 3.35. The summed E-state index contributed by atoms with van der Waals surface area (Å²) in [6.45, 7) is 1.70. The van der Waals surface area contributed by atoms with Gasteiger partial charge in [-0.05, 0) is 23.6 Å². The van der Waals surface area contributed by atoms with Gasteiger partial charge in [0.05, 0.1) is 25.2 Å². The van der Waals surface area contributed by atoms with Crippen LogP contribution in [0.2, 0.25) is 0 Å². The van der Waals surface area contributed by atoms with Gasteiger partial charge in [0.1, 0.15) is 0 Å². The Bertz CT molecular complexity index is 492. The Morgan fingerprint density at radius 1 is 1.50 bits per heavy atom. The lowest BCUT2D eigenvalue weighted by Gasteiger charge is -2.14. The first-order valence-electron chi connectivity index (χ1n) is 5.44. The second-order valence-corrected chi connectivity index (χ2v) is 3.68. The van der Waals surface area contributed by atoms with Crippen LogP contribution in [0.5, 0.6) is 0 Å². The van der Waals surface area contributed by atoms with E-state index < -0.39 is 12.4 Å². The van der Waals surface area contributed by atoms with E-state index >= 15 is 0 Å². The van der Waals surface area contributed by atoms with E-state index in [0.29, 0.717) is 12.0 Å². The topological polar surface area (TPSA) is 50.1 Å². The second-order valence-electron chi connectivity index (χ2n) is 3.68. The molecule has 1 aromatic rings. The molecule has 0 aliphatic rings. The molecule has 0 atom stereocenters. The zero-order valence-electron chi connectivity index (χ0n) is 10.2. The average molecular weight is 253 g/mol. The summed E-state index contributed by atoms with van der Waals surface area (Å²) in [5.74, 6) is -0.580. The van der Waals surface area contributed by atoms with Gasteiger partial charge in [-0.25, -0.2) is 8.78 Å². The van der Waals surface area contributed by atoms with Crippen LogP contribution in [0.15, 0.2) is 12.1 Å². The summed E-state index contributed by atoms with van der Waals surface area (Å²) < 4.78 is 30.6. The number of carbonyl (C=O) groups excluding carboxylic acids is 1. The summed E-state index contributed by atoms with van der Waals surface area (Å²) in [4.78, 5) is 11.2. The number of nitrogens with zero attached hydrogens (tertiary/aromatic N) is 1. The Labute approximate surface area is 104 Å². The minimum atomic E-state index is -2.71. The maximum atomic E-state index is 13.1. The largest absolute Gasteiger partial charge is 0.469 e. The lowest BCUT2D eigenvalue weighted by atomic mass is 9.93. The van der Waals surface area contributed by atoms with Gasteiger partial charge in [-0.2, -0.15) is 5.26 Å². The van der Waals surface area contributed by atoms with E-state index in [4.69, 9.17) is 5.26 Å². The third-order valence-corrected chi connectivity index (χ3v) is 2.70. The van der Waals surface area contributed by atoms with E-state index in [0.717, 1.165) is 0 Å². The quantitative estimate of drug-likeness (QED) is 0.775. The molecule has 0 aliphatic carbocycles. The van der Waals surface area contributed by atoms with Gasteiger partial charge in [-0.1, -0.05) is 13.0 Å². The molecule has 0 aromatic heterocycles. The molecular formula is C13H13F2NO2. The molecule has 0 amide bonds. The number of rotatable bonds is 4. The van der Waals surface area contributed by atoms with Gasteiger partial charge in [-0.15, -0.1) is 0 Å². The fourth-order valence-corrected chi connectivity index (χ4v) is 1.85. The van der Waals surface area contributed by atoms with E-state index in [1.54, 1.807) is 6.92 Å². The minimum absolute atomic E-state index is 0.213. The van der Waals surface area contributed by atoms with Crippen LogP contribution in [0.4, 0.5) is 8.78 Å². The van der Waals surface area contributed by atoms with Crippen molar-refractivity contribution in [3.8, 4) is 6.07 Å². The Morgan fingerprint density at radius 3 is 2.61 bits per heavy atom. The number of nitriles is 1. The molecule has 0 saturated heterocycles.